The summed E-state index contributed by atoms with van der Waals surface area (Å²) < 4.78 is 5.33. The van der Waals surface area contributed by atoms with E-state index in [-0.39, 0.29) is 0 Å². The smallest absolute Gasteiger partial charge is 0.129 e. The van der Waals surface area contributed by atoms with Gasteiger partial charge in [0.25, 0.3) is 0 Å². The Hall–Kier alpha value is -1.51. The number of hydrogen-bond acceptors (Lipinski definition) is 3. The third-order valence-electron chi connectivity index (χ3n) is 1.85. The first kappa shape index (κ1) is 7.16. The molecule has 0 bridgehead atoms. The van der Waals surface area contributed by atoms with Gasteiger partial charge < -0.3 is 9.94 Å². The number of oxime groups is 1. The Bertz CT molecular complexity index is 320. The molecule has 3 heteroatoms. The third kappa shape index (κ3) is 1.03. The van der Waals surface area contributed by atoms with Gasteiger partial charge in [-0.2, -0.15) is 0 Å². The van der Waals surface area contributed by atoms with Crippen molar-refractivity contribution in [2.24, 2.45) is 5.16 Å². The van der Waals surface area contributed by atoms with Gasteiger partial charge in [-0.3, -0.25) is 0 Å². The first-order valence-corrected chi connectivity index (χ1v) is 3.76. The van der Waals surface area contributed by atoms with Gasteiger partial charge >= 0.3 is 0 Å². The molecule has 0 saturated carbocycles. The zero-order valence-electron chi connectivity index (χ0n) is 6.45. The van der Waals surface area contributed by atoms with Crippen LogP contribution in [0.3, 0.4) is 0 Å². The summed E-state index contributed by atoms with van der Waals surface area (Å²) in [6.45, 7) is 0.574. The van der Waals surface area contributed by atoms with Gasteiger partial charge in [0.05, 0.1) is 12.3 Å². The monoisotopic (exact) mass is 162 g/mol. The normalized spacial score (nSPS) is 18.5. The van der Waals surface area contributed by atoms with E-state index in [0.717, 1.165) is 11.3 Å². The number of ether oxygens (including phenoxy) is 1. The molecule has 0 unspecified atom stereocenters. The first-order chi connectivity index (χ1) is 5.92. The molecule has 0 atom stereocenters. The molecule has 1 aromatic rings. The molecule has 1 heterocycles. The van der Waals surface area contributed by atoms with Gasteiger partial charge in [0.2, 0.25) is 0 Å². The predicted octanol–water partition coefficient (Wildman–Crippen LogP) is 1.45. The summed E-state index contributed by atoms with van der Waals surface area (Å²) in [6.07, 6.45) is 0.660. The summed E-state index contributed by atoms with van der Waals surface area (Å²) in [6, 6.07) is 8.27. The third-order valence-corrected chi connectivity index (χ3v) is 1.85. The summed E-state index contributed by atoms with van der Waals surface area (Å²) >= 11 is 0. The van der Waals surface area contributed by atoms with Crippen LogP contribution in [-0.2, 0) is 0 Å². The molecule has 0 aliphatic carbocycles. The molecule has 3 nitrogen and oxygen atoms in total. The molecule has 1 N–H and O–H groups in total. The minimum Gasteiger partial charge on any atom is -0.492 e. The van der Waals surface area contributed by atoms with E-state index in [4.69, 9.17) is 9.94 Å². The fourth-order valence-corrected chi connectivity index (χ4v) is 1.27. The maximum absolute atomic E-state index is 8.66. The van der Waals surface area contributed by atoms with Gasteiger partial charge in [-0.05, 0) is 18.2 Å². The maximum atomic E-state index is 8.66. The van der Waals surface area contributed by atoms with Crippen molar-refractivity contribution in [2.75, 3.05) is 6.61 Å². The Balaban J connectivity index is 2.51. The fourth-order valence-electron chi connectivity index (χ4n) is 1.27. The Morgan fingerprint density at radius 2 is 2.50 bits per heavy atom. The summed E-state index contributed by atoms with van der Waals surface area (Å²) in [5, 5.41) is 11.9. The van der Waals surface area contributed by atoms with Gasteiger partial charge in [-0.25, -0.2) is 0 Å². The number of rotatable bonds is 0. The SMILES string of the molecule is ON=C1CCOc2c[c]ccc21. The largest absolute Gasteiger partial charge is 0.492 e. The van der Waals surface area contributed by atoms with Crippen LogP contribution in [0.25, 0.3) is 0 Å². The van der Waals surface area contributed by atoms with Crippen LogP contribution in [0.4, 0.5) is 0 Å². The van der Waals surface area contributed by atoms with Crippen LogP contribution >= 0.6 is 0 Å². The van der Waals surface area contributed by atoms with Crippen LogP contribution < -0.4 is 4.74 Å². The Labute approximate surface area is 70.3 Å². The van der Waals surface area contributed by atoms with E-state index in [9.17, 15) is 0 Å². The summed E-state index contributed by atoms with van der Waals surface area (Å²) in [4.78, 5) is 0. The second kappa shape index (κ2) is 2.85. The van der Waals surface area contributed by atoms with E-state index in [2.05, 4.69) is 11.2 Å². The highest BCUT2D eigenvalue weighted by Gasteiger charge is 2.15. The van der Waals surface area contributed by atoms with Crippen LogP contribution in [0, 0.1) is 6.07 Å². The molecule has 1 aromatic carbocycles. The average molecular weight is 162 g/mol. The van der Waals surface area contributed by atoms with Crippen molar-refractivity contribution in [1.82, 2.24) is 0 Å². The van der Waals surface area contributed by atoms with Gasteiger partial charge in [-0.1, -0.05) is 11.2 Å². The van der Waals surface area contributed by atoms with Gasteiger partial charge in [0, 0.05) is 12.0 Å². The highest BCUT2D eigenvalue weighted by Crippen LogP contribution is 2.23. The zero-order valence-corrected chi connectivity index (χ0v) is 6.45. The summed E-state index contributed by atoms with van der Waals surface area (Å²) in [5.41, 5.74) is 1.55. The minimum atomic E-state index is 0.574. The maximum Gasteiger partial charge on any atom is 0.129 e. The number of fused-ring (bicyclic) bond motifs is 1. The lowest BCUT2D eigenvalue weighted by molar-refractivity contribution is 0.298. The number of hydrogen-bond donors (Lipinski definition) is 1. The van der Waals surface area contributed by atoms with Gasteiger partial charge in [0.15, 0.2) is 0 Å². The van der Waals surface area contributed by atoms with E-state index < -0.39 is 0 Å². The van der Waals surface area contributed by atoms with Crippen LogP contribution in [0.5, 0.6) is 5.75 Å². The molecule has 0 saturated heterocycles. The van der Waals surface area contributed by atoms with Crippen molar-refractivity contribution in [3.05, 3.63) is 29.8 Å². The van der Waals surface area contributed by atoms with E-state index in [1.165, 1.54) is 0 Å². The molecular formula is C9H8NO2. The lowest BCUT2D eigenvalue weighted by atomic mass is 10.0. The molecule has 1 aliphatic rings. The molecule has 0 amide bonds. The molecule has 2 rings (SSSR count). The Morgan fingerprint density at radius 1 is 1.58 bits per heavy atom. The lowest BCUT2D eigenvalue weighted by Gasteiger charge is -2.16. The fraction of sp³-hybridized carbons (Fsp3) is 0.222. The molecular weight excluding hydrogens is 154 g/mol. The highest BCUT2D eigenvalue weighted by molar-refractivity contribution is 6.03. The molecule has 1 aliphatic heterocycles. The van der Waals surface area contributed by atoms with E-state index in [1.807, 2.05) is 6.07 Å². The quantitative estimate of drug-likeness (QED) is 0.463. The second-order valence-electron chi connectivity index (χ2n) is 2.57. The minimum absolute atomic E-state index is 0.574. The Kier molecular flexibility index (Phi) is 1.70. The van der Waals surface area contributed by atoms with Crippen molar-refractivity contribution < 1.29 is 9.94 Å². The van der Waals surface area contributed by atoms with Crippen molar-refractivity contribution >= 4 is 5.71 Å². The number of benzene rings is 1. The summed E-state index contributed by atoms with van der Waals surface area (Å²) in [5.74, 6) is 0.747. The van der Waals surface area contributed by atoms with Crippen molar-refractivity contribution in [1.29, 1.82) is 0 Å². The first-order valence-electron chi connectivity index (χ1n) is 3.76. The van der Waals surface area contributed by atoms with E-state index in [1.54, 1.807) is 12.1 Å². The van der Waals surface area contributed by atoms with Crippen molar-refractivity contribution in [3.63, 3.8) is 0 Å². The molecule has 1 radical (unpaired) electrons. The van der Waals surface area contributed by atoms with E-state index >= 15 is 0 Å². The number of nitrogens with zero attached hydrogens (tertiary/aromatic N) is 1. The van der Waals surface area contributed by atoms with Crippen LogP contribution in [0.15, 0.2) is 23.4 Å². The molecule has 12 heavy (non-hydrogen) atoms. The van der Waals surface area contributed by atoms with Gasteiger partial charge in [0.1, 0.15) is 5.75 Å². The van der Waals surface area contributed by atoms with Gasteiger partial charge in [-0.15, -0.1) is 0 Å². The standard InChI is InChI=1S/C9H8NO2/c11-10-8-5-6-12-9-4-2-1-3-7(8)9/h1,3-4,11H,5-6H2. The van der Waals surface area contributed by atoms with Crippen molar-refractivity contribution in [2.45, 2.75) is 6.42 Å². The van der Waals surface area contributed by atoms with Crippen LogP contribution in [0.1, 0.15) is 12.0 Å². The molecule has 0 spiro atoms. The Morgan fingerprint density at radius 3 is 3.33 bits per heavy atom. The van der Waals surface area contributed by atoms with Crippen molar-refractivity contribution in [3.8, 4) is 5.75 Å². The predicted molar refractivity (Wildman–Crippen MR) is 43.7 cm³/mol. The lowest BCUT2D eigenvalue weighted by Crippen LogP contribution is -2.15. The average Bonchev–Trinajstić information content (AvgIpc) is 2.17. The zero-order chi connectivity index (χ0) is 8.39. The molecule has 0 fully saturated rings. The summed E-state index contributed by atoms with van der Waals surface area (Å²) in [7, 11) is 0. The molecule has 61 valence electrons. The second-order valence-corrected chi connectivity index (χ2v) is 2.57. The van der Waals surface area contributed by atoms with E-state index in [0.29, 0.717) is 18.7 Å². The molecule has 0 aromatic heterocycles. The topological polar surface area (TPSA) is 41.8 Å². The highest BCUT2D eigenvalue weighted by atomic mass is 16.5. The van der Waals surface area contributed by atoms with Crippen LogP contribution in [-0.4, -0.2) is 17.5 Å². The van der Waals surface area contributed by atoms with Crippen LogP contribution in [0.2, 0.25) is 0 Å².